The lowest BCUT2D eigenvalue weighted by molar-refractivity contribution is 0.102. The number of amides is 1. The molecule has 0 unspecified atom stereocenters. The molecule has 0 saturated heterocycles. The maximum absolute atomic E-state index is 12.1. The number of halogens is 1. The lowest BCUT2D eigenvalue weighted by atomic mass is 10.2. The van der Waals surface area contributed by atoms with Crippen LogP contribution in [-0.4, -0.2) is 20.6 Å². The van der Waals surface area contributed by atoms with Gasteiger partial charge in [-0.2, -0.15) is 0 Å². The fourth-order valence-corrected chi connectivity index (χ4v) is 2.85. The van der Waals surface area contributed by atoms with Crippen LogP contribution in [0.3, 0.4) is 0 Å². The highest BCUT2D eigenvalue weighted by Crippen LogP contribution is 2.15. The first kappa shape index (κ1) is 15.0. The highest BCUT2D eigenvalue weighted by Gasteiger charge is 2.11. The fourth-order valence-electron chi connectivity index (χ4n) is 1.64. The summed E-state index contributed by atoms with van der Waals surface area (Å²) in [4.78, 5) is 12.2. The van der Waals surface area contributed by atoms with Crippen LogP contribution in [0.2, 0.25) is 0 Å². The molecule has 0 aliphatic carbocycles. The van der Waals surface area contributed by atoms with Crippen LogP contribution in [-0.2, 0) is 9.84 Å². The maximum Gasteiger partial charge on any atom is 0.255 e. The van der Waals surface area contributed by atoms with Gasteiger partial charge in [-0.15, -0.1) is 0 Å². The zero-order valence-electron chi connectivity index (χ0n) is 10.6. The Hall–Kier alpha value is -1.41. The largest absolute Gasteiger partial charge is 0.322 e. The molecule has 6 heteroatoms. The fraction of sp³-hybridized carbons (Fsp3) is 0.0714. The zero-order valence-corrected chi connectivity index (χ0v) is 13.6. The molecule has 1 amide bonds. The molecule has 2 aromatic carbocycles. The molecule has 0 aliphatic rings. The Morgan fingerprint density at radius 3 is 2.45 bits per heavy atom. The van der Waals surface area contributed by atoms with E-state index in [9.17, 15) is 13.2 Å². The van der Waals surface area contributed by atoms with Gasteiger partial charge in [-0.25, -0.2) is 8.42 Å². The second-order valence-corrected chi connectivity index (χ2v) is 7.53. The average Bonchev–Trinajstić information content (AvgIpc) is 2.38. The summed E-state index contributed by atoms with van der Waals surface area (Å²) >= 11 is 2.15. The maximum atomic E-state index is 12.1. The van der Waals surface area contributed by atoms with Crippen molar-refractivity contribution in [1.29, 1.82) is 0 Å². The summed E-state index contributed by atoms with van der Waals surface area (Å²) < 4.78 is 24.0. The van der Waals surface area contributed by atoms with Gasteiger partial charge in [0.1, 0.15) is 0 Å². The molecule has 2 aromatic rings. The lowest BCUT2D eigenvalue weighted by Gasteiger charge is -2.06. The summed E-state index contributed by atoms with van der Waals surface area (Å²) in [6.07, 6.45) is 1.11. The van der Waals surface area contributed by atoms with Gasteiger partial charge in [0.2, 0.25) is 0 Å². The number of carbonyl (C=O) groups is 1. The van der Waals surface area contributed by atoms with Crippen molar-refractivity contribution in [2.75, 3.05) is 11.6 Å². The van der Waals surface area contributed by atoms with E-state index in [2.05, 4.69) is 27.9 Å². The first-order valence-electron chi connectivity index (χ1n) is 5.73. The van der Waals surface area contributed by atoms with Crippen LogP contribution in [0.5, 0.6) is 0 Å². The molecule has 0 aliphatic heterocycles. The van der Waals surface area contributed by atoms with Crippen molar-refractivity contribution >= 4 is 44.0 Å². The van der Waals surface area contributed by atoms with E-state index in [-0.39, 0.29) is 10.8 Å². The topological polar surface area (TPSA) is 63.2 Å². The van der Waals surface area contributed by atoms with Crippen LogP contribution in [0.25, 0.3) is 0 Å². The Balaban J connectivity index is 2.26. The molecular formula is C14H12INO3S. The lowest BCUT2D eigenvalue weighted by Crippen LogP contribution is -2.12. The van der Waals surface area contributed by atoms with E-state index < -0.39 is 9.84 Å². The van der Waals surface area contributed by atoms with Crippen LogP contribution >= 0.6 is 22.6 Å². The van der Waals surface area contributed by atoms with Gasteiger partial charge in [0.15, 0.2) is 9.84 Å². The van der Waals surface area contributed by atoms with Crippen molar-refractivity contribution in [3.8, 4) is 0 Å². The predicted octanol–water partition coefficient (Wildman–Crippen LogP) is 2.95. The molecule has 4 nitrogen and oxygen atoms in total. The van der Waals surface area contributed by atoms with Crippen molar-refractivity contribution in [2.24, 2.45) is 0 Å². The molecule has 2 rings (SSSR count). The van der Waals surface area contributed by atoms with Gasteiger partial charge in [-0.1, -0.05) is 12.1 Å². The van der Waals surface area contributed by atoms with E-state index in [4.69, 9.17) is 0 Å². The Labute approximate surface area is 131 Å². The van der Waals surface area contributed by atoms with Gasteiger partial charge in [0, 0.05) is 21.1 Å². The minimum absolute atomic E-state index is 0.132. The molecule has 0 bridgehead atoms. The van der Waals surface area contributed by atoms with Crippen molar-refractivity contribution in [3.63, 3.8) is 0 Å². The van der Waals surface area contributed by atoms with E-state index in [1.54, 1.807) is 18.2 Å². The third-order valence-corrected chi connectivity index (χ3v) is 4.39. The third-order valence-electron chi connectivity index (χ3n) is 2.61. The first-order valence-corrected chi connectivity index (χ1v) is 8.70. The van der Waals surface area contributed by atoms with Gasteiger partial charge in [0.05, 0.1) is 4.90 Å². The summed E-state index contributed by atoms with van der Waals surface area (Å²) in [5, 5.41) is 2.74. The molecule has 1 N–H and O–H groups in total. The van der Waals surface area contributed by atoms with Crippen molar-refractivity contribution in [1.82, 2.24) is 0 Å². The minimum atomic E-state index is -3.32. The van der Waals surface area contributed by atoms with Gasteiger partial charge >= 0.3 is 0 Å². The number of sulfone groups is 1. The highest BCUT2D eigenvalue weighted by molar-refractivity contribution is 14.1. The molecule has 0 radical (unpaired) electrons. The summed E-state index contributed by atoms with van der Waals surface area (Å²) in [5.41, 5.74) is 0.985. The number of hydrogen-bond acceptors (Lipinski definition) is 3. The molecule has 0 fully saturated rings. The molecule has 0 saturated carbocycles. The van der Waals surface area contributed by atoms with E-state index in [1.165, 1.54) is 12.1 Å². The van der Waals surface area contributed by atoms with Gasteiger partial charge < -0.3 is 5.32 Å². The number of hydrogen-bond donors (Lipinski definition) is 1. The van der Waals surface area contributed by atoms with Crippen LogP contribution in [0.1, 0.15) is 10.4 Å². The van der Waals surface area contributed by atoms with Gasteiger partial charge in [0.25, 0.3) is 5.91 Å². The zero-order chi connectivity index (χ0) is 14.8. The van der Waals surface area contributed by atoms with Crippen LogP contribution in [0.15, 0.2) is 53.4 Å². The van der Waals surface area contributed by atoms with E-state index >= 15 is 0 Å². The molecule has 104 valence electrons. The summed E-state index contributed by atoms with van der Waals surface area (Å²) in [5.74, 6) is -0.336. The monoisotopic (exact) mass is 401 g/mol. The van der Waals surface area contributed by atoms with Crippen LogP contribution in [0, 0.1) is 3.57 Å². The number of rotatable bonds is 3. The minimum Gasteiger partial charge on any atom is -0.322 e. The molecule has 0 spiro atoms. The quantitative estimate of drug-likeness (QED) is 0.805. The van der Waals surface area contributed by atoms with Gasteiger partial charge in [-0.3, -0.25) is 4.79 Å². The standard InChI is InChI=1S/C14H12INO3S/c1-20(18,19)13-7-2-4-10(8-13)14(17)16-12-6-3-5-11(15)9-12/h2-9H,1H3,(H,16,17). The van der Waals surface area contributed by atoms with Crippen molar-refractivity contribution < 1.29 is 13.2 Å². The molecule has 0 atom stereocenters. The Morgan fingerprint density at radius 2 is 1.80 bits per heavy atom. The number of anilines is 1. The second-order valence-electron chi connectivity index (χ2n) is 4.26. The number of benzene rings is 2. The second kappa shape index (κ2) is 5.92. The van der Waals surface area contributed by atoms with Crippen molar-refractivity contribution in [2.45, 2.75) is 4.90 Å². The highest BCUT2D eigenvalue weighted by atomic mass is 127. The normalized spacial score (nSPS) is 11.1. The number of nitrogens with one attached hydrogen (secondary N) is 1. The van der Waals surface area contributed by atoms with E-state index in [0.29, 0.717) is 11.3 Å². The molecule has 0 heterocycles. The SMILES string of the molecule is CS(=O)(=O)c1cccc(C(=O)Nc2cccc(I)c2)c1. The van der Waals surface area contributed by atoms with Crippen molar-refractivity contribution in [3.05, 3.63) is 57.7 Å². The molecular weight excluding hydrogens is 389 g/mol. The van der Waals surface area contributed by atoms with Crippen LogP contribution < -0.4 is 5.32 Å². The first-order chi connectivity index (χ1) is 9.36. The molecule has 0 aromatic heterocycles. The Morgan fingerprint density at radius 1 is 1.10 bits per heavy atom. The summed E-state index contributed by atoms with van der Waals surface area (Å²) in [6.45, 7) is 0. The van der Waals surface area contributed by atoms with Gasteiger partial charge in [-0.05, 0) is 59.0 Å². The smallest absolute Gasteiger partial charge is 0.255 e. The average molecular weight is 401 g/mol. The predicted molar refractivity (Wildman–Crippen MR) is 86.7 cm³/mol. The summed E-state index contributed by atoms with van der Waals surface area (Å²) in [7, 11) is -3.32. The molecule has 20 heavy (non-hydrogen) atoms. The Bertz CT molecular complexity index is 757. The Kier molecular flexibility index (Phi) is 4.44. The third kappa shape index (κ3) is 3.80. The van der Waals surface area contributed by atoms with E-state index in [0.717, 1.165) is 9.83 Å². The number of carbonyl (C=O) groups excluding carboxylic acids is 1. The van der Waals surface area contributed by atoms with E-state index in [1.807, 2.05) is 18.2 Å². The summed E-state index contributed by atoms with van der Waals surface area (Å²) in [6, 6.07) is 13.3. The van der Waals surface area contributed by atoms with Crippen LogP contribution in [0.4, 0.5) is 5.69 Å².